The molecule has 0 spiro atoms. The van der Waals surface area contributed by atoms with Crippen molar-refractivity contribution in [1.82, 2.24) is 10.3 Å². The molecule has 0 bridgehead atoms. The number of amides is 1. The van der Waals surface area contributed by atoms with Gasteiger partial charge in [-0.05, 0) is 43.0 Å². The molecule has 5 N–H and O–H groups in total. The SMILES string of the molecule is NC(=O)O.c1cc2c3c(c[nH]c3c1)C[C@H]1NCCCC21. The molecule has 1 saturated heterocycles. The molecule has 20 heavy (non-hydrogen) atoms. The van der Waals surface area contributed by atoms with Crippen LogP contribution in [0.3, 0.4) is 0 Å². The minimum absolute atomic E-state index is 0.669. The van der Waals surface area contributed by atoms with Crippen molar-refractivity contribution < 1.29 is 9.90 Å². The second kappa shape index (κ2) is 5.17. The molecule has 1 aromatic carbocycles. The Labute approximate surface area is 117 Å². The number of aromatic nitrogens is 1. The van der Waals surface area contributed by atoms with E-state index in [-0.39, 0.29) is 0 Å². The number of primary amides is 1. The second-order valence-electron chi connectivity index (χ2n) is 5.44. The molecular weight excluding hydrogens is 254 g/mol. The maximum Gasteiger partial charge on any atom is 0.402 e. The van der Waals surface area contributed by atoms with Gasteiger partial charge in [-0.3, -0.25) is 0 Å². The number of nitrogens with two attached hydrogens (primary N) is 1. The van der Waals surface area contributed by atoms with Crippen LogP contribution in [0, 0.1) is 0 Å². The zero-order valence-corrected chi connectivity index (χ0v) is 11.2. The number of benzene rings is 1. The summed E-state index contributed by atoms with van der Waals surface area (Å²) in [6.07, 6.45) is 4.72. The van der Waals surface area contributed by atoms with E-state index in [1.807, 2.05) is 0 Å². The third kappa shape index (κ3) is 2.25. The summed E-state index contributed by atoms with van der Waals surface area (Å²) in [7, 11) is 0. The molecule has 5 nitrogen and oxygen atoms in total. The summed E-state index contributed by atoms with van der Waals surface area (Å²) >= 11 is 0. The van der Waals surface area contributed by atoms with Crippen LogP contribution in [-0.2, 0) is 6.42 Å². The van der Waals surface area contributed by atoms with Crippen LogP contribution in [0.1, 0.15) is 29.9 Å². The Hall–Kier alpha value is -2.01. The van der Waals surface area contributed by atoms with Crippen molar-refractivity contribution in [1.29, 1.82) is 0 Å². The van der Waals surface area contributed by atoms with Crippen molar-refractivity contribution in [2.45, 2.75) is 31.2 Å². The molecule has 5 heteroatoms. The fourth-order valence-electron chi connectivity index (χ4n) is 3.53. The van der Waals surface area contributed by atoms with E-state index in [0.29, 0.717) is 6.04 Å². The zero-order chi connectivity index (χ0) is 14.1. The monoisotopic (exact) mass is 273 g/mol. The number of nitrogens with one attached hydrogen (secondary N) is 2. The molecule has 0 saturated carbocycles. The number of H-pyrrole nitrogens is 1. The van der Waals surface area contributed by atoms with Crippen LogP contribution in [-0.4, -0.2) is 28.8 Å². The Kier molecular flexibility index (Phi) is 3.36. The average molecular weight is 273 g/mol. The molecular formula is C15H19N3O2. The van der Waals surface area contributed by atoms with Gasteiger partial charge in [0.25, 0.3) is 0 Å². The molecule has 1 fully saturated rings. The topological polar surface area (TPSA) is 91.1 Å². The lowest BCUT2D eigenvalue weighted by Gasteiger charge is -2.36. The summed E-state index contributed by atoms with van der Waals surface area (Å²) in [5.74, 6) is 0.737. The summed E-state index contributed by atoms with van der Waals surface area (Å²) in [5, 5.41) is 12.4. The molecule has 1 amide bonds. The van der Waals surface area contributed by atoms with Crippen molar-refractivity contribution in [3.8, 4) is 0 Å². The highest BCUT2D eigenvalue weighted by molar-refractivity contribution is 5.88. The summed E-state index contributed by atoms with van der Waals surface area (Å²) in [4.78, 5) is 12.2. The summed E-state index contributed by atoms with van der Waals surface area (Å²) in [6.45, 7) is 1.19. The third-order valence-electron chi connectivity index (χ3n) is 4.24. The molecule has 2 aliphatic rings. The predicted molar refractivity (Wildman–Crippen MR) is 78.0 cm³/mol. The van der Waals surface area contributed by atoms with E-state index in [9.17, 15) is 0 Å². The fraction of sp³-hybridized carbons (Fsp3) is 0.400. The molecule has 0 radical (unpaired) electrons. The van der Waals surface area contributed by atoms with Crippen LogP contribution in [0.2, 0.25) is 0 Å². The van der Waals surface area contributed by atoms with E-state index in [1.165, 1.54) is 42.3 Å². The standard InChI is InChI=1S/C14H16N2.CH3NO2/c1-3-11-10-4-2-6-15-13(10)7-9-8-16-12(5-1)14(9)11;2-1(3)4/h1,3,5,8,10,13,15-16H,2,4,6-7H2;2H2,(H,3,4)/t10?,13-;/m1./s1. The normalized spacial score (nSPS) is 23.6. The first-order valence-corrected chi connectivity index (χ1v) is 6.97. The van der Waals surface area contributed by atoms with E-state index in [0.717, 1.165) is 5.92 Å². The first-order valence-electron chi connectivity index (χ1n) is 6.97. The number of hydrogen-bond donors (Lipinski definition) is 4. The van der Waals surface area contributed by atoms with Gasteiger partial charge in [-0.2, -0.15) is 0 Å². The largest absolute Gasteiger partial charge is 0.465 e. The van der Waals surface area contributed by atoms with Gasteiger partial charge >= 0.3 is 6.09 Å². The maximum absolute atomic E-state index is 8.78. The molecule has 2 heterocycles. The van der Waals surface area contributed by atoms with Gasteiger partial charge in [0.15, 0.2) is 0 Å². The van der Waals surface area contributed by atoms with Crippen LogP contribution in [0.4, 0.5) is 4.79 Å². The van der Waals surface area contributed by atoms with Gasteiger partial charge in [-0.25, -0.2) is 4.79 Å². The van der Waals surface area contributed by atoms with Gasteiger partial charge in [0.05, 0.1) is 0 Å². The molecule has 1 aliphatic carbocycles. The molecule has 1 aromatic heterocycles. The van der Waals surface area contributed by atoms with E-state index in [2.05, 4.69) is 40.4 Å². The number of hydrogen-bond acceptors (Lipinski definition) is 2. The number of aromatic amines is 1. The van der Waals surface area contributed by atoms with Crippen molar-refractivity contribution >= 4 is 17.0 Å². The van der Waals surface area contributed by atoms with Gasteiger partial charge in [-0.15, -0.1) is 0 Å². The highest BCUT2D eigenvalue weighted by Gasteiger charge is 2.32. The van der Waals surface area contributed by atoms with Crippen LogP contribution in [0.5, 0.6) is 0 Å². The fourth-order valence-corrected chi connectivity index (χ4v) is 3.53. The van der Waals surface area contributed by atoms with Crippen molar-refractivity contribution in [2.75, 3.05) is 6.54 Å². The lowest BCUT2D eigenvalue weighted by Crippen LogP contribution is -2.43. The highest BCUT2D eigenvalue weighted by Crippen LogP contribution is 2.40. The lowest BCUT2D eigenvalue weighted by atomic mass is 9.76. The van der Waals surface area contributed by atoms with E-state index < -0.39 is 6.09 Å². The Morgan fingerprint density at radius 1 is 1.40 bits per heavy atom. The van der Waals surface area contributed by atoms with Crippen LogP contribution >= 0.6 is 0 Å². The molecule has 106 valence electrons. The number of rotatable bonds is 0. The van der Waals surface area contributed by atoms with Crippen molar-refractivity contribution in [3.05, 3.63) is 35.5 Å². The second-order valence-corrected chi connectivity index (χ2v) is 5.44. The smallest absolute Gasteiger partial charge is 0.402 e. The van der Waals surface area contributed by atoms with E-state index >= 15 is 0 Å². The molecule has 2 atom stereocenters. The molecule has 2 aromatic rings. The first-order chi connectivity index (χ1) is 9.66. The summed E-state index contributed by atoms with van der Waals surface area (Å²) in [5.41, 5.74) is 8.41. The van der Waals surface area contributed by atoms with Gasteiger partial charge in [-0.1, -0.05) is 12.1 Å². The number of fused-ring (bicyclic) bond motifs is 2. The van der Waals surface area contributed by atoms with Gasteiger partial charge in [0.1, 0.15) is 0 Å². The highest BCUT2D eigenvalue weighted by atomic mass is 16.4. The Bertz CT molecular complexity index is 631. The average Bonchev–Trinajstić information content (AvgIpc) is 2.83. The van der Waals surface area contributed by atoms with E-state index in [4.69, 9.17) is 9.90 Å². The number of piperidine rings is 1. The van der Waals surface area contributed by atoms with Crippen molar-refractivity contribution in [2.24, 2.45) is 5.73 Å². The van der Waals surface area contributed by atoms with Crippen LogP contribution in [0.15, 0.2) is 24.4 Å². The van der Waals surface area contributed by atoms with Crippen LogP contribution in [0.25, 0.3) is 10.9 Å². The van der Waals surface area contributed by atoms with Gasteiger partial charge < -0.3 is 21.1 Å². The van der Waals surface area contributed by atoms with Gasteiger partial charge in [0.2, 0.25) is 0 Å². The number of carbonyl (C=O) groups is 1. The quantitative estimate of drug-likeness (QED) is 0.593. The third-order valence-corrected chi connectivity index (χ3v) is 4.24. The van der Waals surface area contributed by atoms with E-state index in [1.54, 1.807) is 5.56 Å². The molecule has 1 unspecified atom stereocenters. The number of carboxylic acid groups (broad SMARTS) is 1. The Morgan fingerprint density at radius 2 is 2.20 bits per heavy atom. The Morgan fingerprint density at radius 3 is 3.00 bits per heavy atom. The zero-order valence-electron chi connectivity index (χ0n) is 11.2. The summed E-state index contributed by atoms with van der Waals surface area (Å²) in [6, 6.07) is 7.37. The Balaban J connectivity index is 0.000000272. The summed E-state index contributed by atoms with van der Waals surface area (Å²) < 4.78 is 0. The van der Waals surface area contributed by atoms with Crippen molar-refractivity contribution in [3.63, 3.8) is 0 Å². The maximum atomic E-state index is 8.78. The predicted octanol–water partition coefficient (Wildman–Crippen LogP) is 2.18. The molecule has 1 aliphatic heterocycles. The lowest BCUT2D eigenvalue weighted by molar-refractivity contribution is 0.205. The minimum atomic E-state index is -1.33. The first kappa shape index (κ1) is 13.0. The van der Waals surface area contributed by atoms with Crippen LogP contribution < -0.4 is 11.1 Å². The molecule has 4 rings (SSSR count). The van der Waals surface area contributed by atoms with Gasteiger partial charge in [0, 0.05) is 29.1 Å². The minimum Gasteiger partial charge on any atom is -0.465 e.